The molecule has 0 unspecified atom stereocenters. The third-order valence-corrected chi connectivity index (χ3v) is 11.1. The normalized spacial score (nSPS) is 12.0. The molecule has 0 aliphatic rings. The molecule has 56 heavy (non-hydrogen) atoms. The quantitative estimate of drug-likeness (QED) is 0.147. The lowest BCUT2D eigenvalue weighted by atomic mass is 9.73. The number of benzene rings is 6. The molecule has 0 atom stereocenters. The molecule has 0 saturated heterocycles. The Morgan fingerprint density at radius 2 is 0.786 bits per heavy atom. The lowest BCUT2D eigenvalue weighted by molar-refractivity contribution is 0.481. The van der Waals surface area contributed by atoms with Crippen LogP contribution in [0.3, 0.4) is 0 Å². The number of nitrogens with zero attached hydrogens (tertiary/aromatic N) is 2. The zero-order valence-electron chi connectivity index (χ0n) is 32.0. The van der Waals surface area contributed by atoms with E-state index < -0.39 is 22.2 Å². The van der Waals surface area contributed by atoms with E-state index in [-0.39, 0.29) is 32.4 Å². The van der Waals surface area contributed by atoms with Crippen molar-refractivity contribution in [2.24, 2.45) is 7.05 Å². The molecular formula is C48H40N2O6. The third-order valence-electron chi connectivity index (χ3n) is 11.1. The molecule has 8 heteroatoms. The monoisotopic (exact) mass is 740 g/mol. The maximum absolute atomic E-state index is 13.3. The van der Waals surface area contributed by atoms with Crippen LogP contribution in [0.5, 0.6) is 23.0 Å². The molecule has 0 bridgehead atoms. The molecule has 2 heterocycles. The molecule has 278 valence electrons. The van der Waals surface area contributed by atoms with Gasteiger partial charge in [-0.2, -0.15) is 0 Å². The van der Waals surface area contributed by atoms with E-state index in [1.54, 1.807) is 24.3 Å². The number of hydrogen-bond donors (Lipinski definition) is 0. The molecule has 8 rings (SSSR count). The van der Waals surface area contributed by atoms with Gasteiger partial charge < -0.3 is 9.47 Å². The van der Waals surface area contributed by atoms with Crippen molar-refractivity contribution >= 4 is 21.5 Å². The van der Waals surface area contributed by atoms with Gasteiger partial charge in [-0.1, -0.05) is 93.9 Å². The van der Waals surface area contributed by atoms with Crippen molar-refractivity contribution in [3.8, 4) is 28.7 Å². The van der Waals surface area contributed by atoms with Crippen LogP contribution >= 0.6 is 0 Å². The summed E-state index contributed by atoms with van der Waals surface area (Å²) in [6.07, 6.45) is 0. The molecule has 6 aromatic carbocycles. The fourth-order valence-electron chi connectivity index (χ4n) is 7.38. The highest BCUT2D eigenvalue weighted by molar-refractivity contribution is 5.98. The minimum absolute atomic E-state index is 0.0963. The average molecular weight is 741 g/mol. The number of ether oxygens (including phenoxy) is 2. The lowest BCUT2D eigenvalue weighted by Crippen LogP contribution is -2.23. The Bertz CT molecular complexity index is 2900. The molecule has 0 spiro atoms. The first-order valence-electron chi connectivity index (χ1n) is 18.5. The molecular weight excluding hydrogens is 701 g/mol. The highest BCUT2D eigenvalue weighted by Crippen LogP contribution is 2.38. The summed E-state index contributed by atoms with van der Waals surface area (Å²) in [7, 11) is 1.37. The minimum Gasteiger partial charge on any atom is -0.457 e. The summed E-state index contributed by atoms with van der Waals surface area (Å²) in [6, 6.07) is 42.5. The van der Waals surface area contributed by atoms with Crippen LogP contribution in [0.25, 0.3) is 27.2 Å². The van der Waals surface area contributed by atoms with E-state index in [1.807, 2.05) is 48.5 Å². The minimum atomic E-state index is -0.554. The fourth-order valence-corrected chi connectivity index (χ4v) is 7.38. The van der Waals surface area contributed by atoms with Crippen LogP contribution in [0, 0.1) is 6.92 Å². The zero-order chi connectivity index (χ0) is 39.5. The van der Waals surface area contributed by atoms with Gasteiger partial charge in [0.15, 0.2) is 0 Å². The first-order chi connectivity index (χ1) is 26.7. The second-order valence-corrected chi connectivity index (χ2v) is 15.4. The maximum Gasteiger partial charge on any atom is 0.266 e. The molecule has 0 aliphatic carbocycles. The van der Waals surface area contributed by atoms with Gasteiger partial charge in [0.05, 0.1) is 27.2 Å². The van der Waals surface area contributed by atoms with Crippen LogP contribution in [0.1, 0.15) is 55.5 Å². The first-order valence-corrected chi connectivity index (χ1v) is 18.5. The largest absolute Gasteiger partial charge is 0.457 e. The van der Waals surface area contributed by atoms with E-state index in [0.29, 0.717) is 17.2 Å². The van der Waals surface area contributed by atoms with E-state index in [2.05, 4.69) is 83.1 Å². The van der Waals surface area contributed by atoms with E-state index in [4.69, 9.17) is 9.47 Å². The molecule has 0 radical (unpaired) electrons. The predicted octanol–water partition coefficient (Wildman–Crippen LogP) is 8.98. The van der Waals surface area contributed by atoms with Gasteiger partial charge in [0.2, 0.25) is 0 Å². The maximum atomic E-state index is 13.3. The van der Waals surface area contributed by atoms with Crippen LogP contribution < -0.4 is 31.7 Å². The van der Waals surface area contributed by atoms with Crippen molar-refractivity contribution in [2.45, 2.75) is 45.4 Å². The highest BCUT2D eigenvalue weighted by atomic mass is 16.5. The molecule has 8 nitrogen and oxygen atoms in total. The van der Waals surface area contributed by atoms with E-state index in [0.717, 1.165) is 26.2 Å². The van der Waals surface area contributed by atoms with E-state index >= 15 is 0 Å². The molecule has 0 saturated carbocycles. The van der Waals surface area contributed by atoms with Crippen LogP contribution in [-0.2, 0) is 17.9 Å². The Labute approximate surface area is 323 Å². The van der Waals surface area contributed by atoms with E-state index in [1.165, 1.54) is 41.4 Å². The van der Waals surface area contributed by atoms with Crippen molar-refractivity contribution in [1.29, 1.82) is 0 Å². The fraction of sp³-hybridized carbons (Fsp3) is 0.167. The Kier molecular flexibility index (Phi) is 8.72. The zero-order valence-corrected chi connectivity index (χ0v) is 32.0. The molecule has 0 N–H and O–H groups in total. The number of aryl methyl sites for hydroxylation is 1. The van der Waals surface area contributed by atoms with Crippen molar-refractivity contribution in [3.63, 3.8) is 0 Å². The Morgan fingerprint density at radius 1 is 0.429 bits per heavy atom. The molecule has 0 aliphatic heterocycles. The van der Waals surface area contributed by atoms with Crippen LogP contribution in [0.4, 0.5) is 0 Å². The summed E-state index contributed by atoms with van der Waals surface area (Å²) in [5.74, 6) is 2.77. The van der Waals surface area contributed by atoms with Gasteiger partial charge in [0, 0.05) is 17.9 Å². The topological polar surface area (TPSA) is 96.6 Å². The molecule has 2 aromatic heterocycles. The number of hydrogen-bond acceptors (Lipinski definition) is 6. The second-order valence-electron chi connectivity index (χ2n) is 15.4. The predicted molar refractivity (Wildman–Crippen MR) is 222 cm³/mol. The SMILES string of the molecule is Cc1ccc(Oc2ccc(C(C)(C)c3cccc(C(C)(C)c4ccc(Oc5ccc(-n6c(=O)c7cc8c(=O)n(C)c(=O)c8cc7c6=O)cc5)cc4)c3)cc2)cc1. The van der Waals surface area contributed by atoms with Crippen molar-refractivity contribution in [3.05, 3.63) is 203 Å². The number of rotatable bonds is 9. The summed E-state index contributed by atoms with van der Waals surface area (Å²) in [5.41, 5.74) is 3.60. The standard InChI is InChI=1S/C48H40N2O6/c1-29-10-18-35(19-11-29)55-36-20-12-30(13-21-36)47(2,3)32-8-7-9-33(26-32)48(4,5)31-14-22-37(23-15-31)56-38-24-16-34(17-25-38)50-45(53)41-27-39-40(28-42(41)46(50)54)44(52)49(6)43(39)51/h7-28H,1-6H3. The summed E-state index contributed by atoms with van der Waals surface area (Å²) in [4.78, 5) is 51.6. The molecule has 8 aromatic rings. The second kappa shape index (κ2) is 13.5. The summed E-state index contributed by atoms with van der Waals surface area (Å²) < 4.78 is 14.3. The van der Waals surface area contributed by atoms with Gasteiger partial charge in [0.25, 0.3) is 22.2 Å². The van der Waals surface area contributed by atoms with Crippen LogP contribution in [0.2, 0.25) is 0 Å². The number of aromatic nitrogens is 2. The Morgan fingerprint density at radius 3 is 1.20 bits per heavy atom. The number of fused-ring (bicyclic) bond motifs is 2. The first kappa shape index (κ1) is 36.2. The Balaban J connectivity index is 0.978. The summed E-state index contributed by atoms with van der Waals surface area (Å²) in [6.45, 7) is 11.0. The summed E-state index contributed by atoms with van der Waals surface area (Å²) >= 11 is 0. The molecule has 0 fully saturated rings. The van der Waals surface area contributed by atoms with Crippen LogP contribution in [-0.4, -0.2) is 9.13 Å². The summed E-state index contributed by atoms with van der Waals surface area (Å²) in [5, 5.41) is 0.438. The van der Waals surface area contributed by atoms with Gasteiger partial charge in [-0.3, -0.25) is 23.7 Å². The van der Waals surface area contributed by atoms with Gasteiger partial charge in [-0.15, -0.1) is 0 Å². The average Bonchev–Trinajstić information content (AvgIpc) is 3.57. The van der Waals surface area contributed by atoms with Crippen molar-refractivity contribution in [1.82, 2.24) is 9.13 Å². The van der Waals surface area contributed by atoms with Crippen molar-refractivity contribution in [2.75, 3.05) is 0 Å². The van der Waals surface area contributed by atoms with Gasteiger partial charge >= 0.3 is 0 Å². The smallest absolute Gasteiger partial charge is 0.266 e. The van der Waals surface area contributed by atoms with Crippen molar-refractivity contribution < 1.29 is 9.47 Å². The van der Waals surface area contributed by atoms with Gasteiger partial charge in [0.1, 0.15) is 23.0 Å². The highest BCUT2D eigenvalue weighted by Gasteiger charge is 2.28. The van der Waals surface area contributed by atoms with E-state index in [9.17, 15) is 19.2 Å². The lowest BCUT2D eigenvalue weighted by Gasteiger charge is -2.31. The Hall–Kier alpha value is -6.80. The van der Waals surface area contributed by atoms with Gasteiger partial charge in [-0.05, 0) is 102 Å². The third kappa shape index (κ3) is 6.23. The van der Waals surface area contributed by atoms with Crippen LogP contribution in [0.15, 0.2) is 153 Å². The van der Waals surface area contributed by atoms with Gasteiger partial charge in [-0.25, -0.2) is 4.57 Å². The molecule has 0 amide bonds.